The van der Waals surface area contributed by atoms with Gasteiger partial charge in [-0.05, 0) is 37.6 Å². The van der Waals surface area contributed by atoms with Crippen LogP contribution >= 0.6 is 12.2 Å². The van der Waals surface area contributed by atoms with Crippen LogP contribution < -0.4 is 10.2 Å². The summed E-state index contributed by atoms with van der Waals surface area (Å²) in [4.78, 5) is 27.5. The molecule has 1 aliphatic rings. The van der Waals surface area contributed by atoms with Crippen molar-refractivity contribution in [1.82, 2.24) is 15.1 Å². The van der Waals surface area contributed by atoms with Crippen LogP contribution in [0, 0.1) is 24.2 Å². The first-order valence-corrected chi connectivity index (χ1v) is 10.8. The number of carbonyl (C=O) groups is 2. The van der Waals surface area contributed by atoms with Gasteiger partial charge in [-0.15, -0.1) is 0 Å². The van der Waals surface area contributed by atoms with Gasteiger partial charge in [0.1, 0.15) is 11.2 Å². The molecule has 1 aliphatic heterocycles. The molecule has 0 aliphatic carbocycles. The highest BCUT2D eigenvalue weighted by Crippen LogP contribution is 2.35. The van der Waals surface area contributed by atoms with Crippen molar-refractivity contribution < 1.29 is 14.3 Å². The van der Waals surface area contributed by atoms with Gasteiger partial charge in [-0.1, -0.05) is 48.6 Å². The van der Waals surface area contributed by atoms with Gasteiger partial charge in [0.15, 0.2) is 11.6 Å². The summed E-state index contributed by atoms with van der Waals surface area (Å²) in [5.74, 6) is -2.28. The topological polar surface area (TPSA) is 100 Å². The molecule has 8 nitrogen and oxygen atoms in total. The van der Waals surface area contributed by atoms with Crippen molar-refractivity contribution in [3.63, 3.8) is 0 Å². The molecular weight excluding hydrogens is 438 g/mol. The van der Waals surface area contributed by atoms with Crippen LogP contribution in [-0.4, -0.2) is 33.3 Å². The van der Waals surface area contributed by atoms with E-state index in [0.717, 1.165) is 16.9 Å². The summed E-state index contributed by atoms with van der Waals surface area (Å²) < 4.78 is 6.80. The Bertz CT molecular complexity index is 1260. The second-order valence-electron chi connectivity index (χ2n) is 7.40. The quantitative estimate of drug-likeness (QED) is 0.461. The third kappa shape index (κ3) is 4.08. The zero-order valence-electron chi connectivity index (χ0n) is 18.1. The van der Waals surface area contributed by atoms with Gasteiger partial charge in [-0.2, -0.15) is 10.4 Å². The van der Waals surface area contributed by atoms with Crippen LogP contribution in [0.15, 0.2) is 60.8 Å². The highest BCUT2D eigenvalue weighted by atomic mass is 32.1. The maximum Gasteiger partial charge on any atom is 0.359 e. The lowest BCUT2D eigenvalue weighted by Gasteiger charge is -2.40. The van der Waals surface area contributed by atoms with Gasteiger partial charge in [0.05, 0.1) is 18.4 Å². The summed E-state index contributed by atoms with van der Waals surface area (Å²) in [7, 11) is 0. The lowest BCUT2D eigenvalue weighted by Crippen LogP contribution is -2.56. The number of carbonyl (C=O) groups excluding carboxylic acids is 2. The number of thiocarbonyl (C=S) groups is 1. The monoisotopic (exact) mass is 459 g/mol. The molecule has 0 saturated carbocycles. The molecule has 0 unspecified atom stereocenters. The number of benzene rings is 2. The van der Waals surface area contributed by atoms with Crippen LogP contribution in [0.25, 0.3) is 5.69 Å². The Morgan fingerprint density at radius 2 is 1.91 bits per heavy atom. The maximum atomic E-state index is 12.8. The SMILES string of the molecule is CCOC(=O)c1nn(-c2ccccc2)cc1[C@@H]1NC(=O)[C@H](C#N)C(=S)N1c1ccccc1C. The van der Waals surface area contributed by atoms with E-state index in [4.69, 9.17) is 17.0 Å². The van der Waals surface area contributed by atoms with E-state index in [1.807, 2.05) is 67.6 Å². The van der Waals surface area contributed by atoms with Gasteiger partial charge in [-0.3, -0.25) is 4.79 Å². The second kappa shape index (κ2) is 9.22. The molecule has 1 aromatic heterocycles. The largest absolute Gasteiger partial charge is 0.461 e. The standard InChI is InChI=1S/C24H21N5O3S/c1-3-32-24(31)20-18(14-28(27-20)16-10-5-4-6-11-16)21-26-22(30)17(13-25)23(33)29(21)19-12-8-7-9-15(19)2/h4-12,14,17,21H,3H2,1-2H3,(H,26,30)/t17-,21+/m0/s1. The first-order valence-electron chi connectivity index (χ1n) is 10.4. The van der Waals surface area contributed by atoms with E-state index in [1.165, 1.54) is 0 Å². The van der Waals surface area contributed by atoms with Crippen molar-refractivity contribution in [3.05, 3.63) is 77.6 Å². The number of ether oxygens (including phenoxy) is 1. The predicted octanol–water partition coefficient (Wildman–Crippen LogP) is 3.46. The Morgan fingerprint density at radius 3 is 2.58 bits per heavy atom. The molecule has 1 fully saturated rings. The highest BCUT2D eigenvalue weighted by molar-refractivity contribution is 7.80. The summed E-state index contributed by atoms with van der Waals surface area (Å²) in [5, 5.41) is 16.9. The van der Waals surface area contributed by atoms with Gasteiger partial charge in [-0.25, -0.2) is 9.48 Å². The second-order valence-corrected chi connectivity index (χ2v) is 7.82. The Hall–Kier alpha value is -4.03. The summed E-state index contributed by atoms with van der Waals surface area (Å²) >= 11 is 5.60. The summed E-state index contributed by atoms with van der Waals surface area (Å²) in [6.45, 7) is 3.79. The van der Waals surface area contributed by atoms with Crippen LogP contribution in [0.5, 0.6) is 0 Å². The number of amides is 1. The number of esters is 1. The van der Waals surface area contributed by atoms with Crippen molar-refractivity contribution in [2.75, 3.05) is 11.5 Å². The number of aryl methyl sites for hydroxylation is 1. The average Bonchev–Trinajstić information content (AvgIpc) is 3.26. The number of aromatic nitrogens is 2. The van der Waals surface area contributed by atoms with Crippen LogP contribution in [0.2, 0.25) is 0 Å². The molecule has 1 saturated heterocycles. The number of nitriles is 1. The molecule has 0 radical (unpaired) electrons. The lowest BCUT2D eigenvalue weighted by atomic mass is 10.0. The zero-order valence-corrected chi connectivity index (χ0v) is 18.9. The Morgan fingerprint density at radius 1 is 1.21 bits per heavy atom. The molecule has 9 heteroatoms. The molecule has 1 N–H and O–H groups in total. The molecule has 33 heavy (non-hydrogen) atoms. The van der Waals surface area contributed by atoms with Crippen molar-refractivity contribution in [1.29, 1.82) is 5.26 Å². The molecule has 0 spiro atoms. The maximum absolute atomic E-state index is 12.8. The number of rotatable bonds is 5. The van der Waals surface area contributed by atoms with Crippen LogP contribution in [-0.2, 0) is 9.53 Å². The third-order valence-electron chi connectivity index (χ3n) is 5.31. The van der Waals surface area contributed by atoms with Crippen LogP contribution in [0.3, 0.4) is 0 Å². The molecule has 1 amide bonds. The fourth-order valence-corrected chi connectivity index (χ4v) is 4.11. The van der Waals surface area contributed by atoms with Gasteiger partial charge in [0.2, 0.25) is 5.91 Å². The fraction of sp³-hybridized carbons (Fsp3) is 0.208. The molecule has 0 bridgehead atoms. The number of anilines is 1. The molecule has 2 atom stereocenters. The van der Waals surface area contributed by atoms with E-state index in [0.29, 0.717) is 5.56 Å². The third-order valence-corrected chi connectivity index (χ3v) is 5.75. The van der Waals surface area contributed by atoms with E-state index in [-0.39, 0.29) is 17.3 Å². The van der Waals surface area contributed by atoms with Crippen LogP contribution in [0.4, 0.5) is 5.69 Å². The van der Waals surface area contributed by atoms with Crippen LogP contribution in [0.1, 0.15) is 34.7 Å². The summed E-state index contributed by atoms with van der Waals surface area (Å²) in [6.07, 6.45) is 0.820. The van der Waals surface area contributed by atoms with E-state index in [1.54, 1.807) is 22.7 Å². The van der Waals surface area contributed by atoms with Crippen molar-refractivity contribution >= 4 is 34.8 Å². The van der Waals surface area contributed by atoms with Crippen molar-refractivity contribution in [3.8, 4) is 11.8 Å². The smallest absolute Gasteiger partial charge is 0.359 e. The first-order chi connectivity index (χ1) is 16.0. The number of hydrogen-bond donors (Lipinski definition) is 1. The molecular formula is C24H21N5O3S. The summed E-state index contributed by atoms with van der Waals surface area (Å²) in [5.41, 5.74) is 2.81. The normalized spacial score (nSPS) is 17.9. The molecule has 4 rings (SSSR count). The summed E-state index contributed by atoms with van der Waals surface area (Å²) in [6, 6.07) is 18.8. The number of nitrogens with one attached hydrogen (secondary N) is 1. The van der Waals surface area contributed by atoms with Gasteiger partial charge >= 0.3 is 5.97 Å². The molecule has 166 valence electrons. The number of nitrogens with zero attached hydrogens (tertiary/aromatic N) is 4. The lowest BCUT2D eigenvalue weighted by molar-refractivity contribution is -0.123. The fourth-order valence-electron chi connectivity index (χ4n) is 3.74. The minimum atomic E-state index is -1.13. The molecule has 2 aromatic carbocycles. The highest BCUT2D eigenvalue weighted by Gasteiger charge is 2.42. The average molecular weight is 460 g/mol. The number of hydrogen-bond acceptors (Lipinski definition) is 6. The minimum Gasteiger partial charge on any atom is -0.461 e. The Labute approximate surface area is 196 Å². The Balaban J connectivity index is 1.90. The van der Waals surface area contributed by atoms with Crippen molar-refractivity contribution in [2.24, 2.45) is 5.92 Å². The Kier molecular flexibility index (Phi) is 6.20. The predicted molar refractivity (Wildman–Crippen MR) is 126 cm³/mol. The zero-order chi connectivity index (χ0) is 23.5. The molecule has 2 heterocycles. The van der Waals surface area contributed by atoms with Crippen molar-refractivity contribution in [2.45, 2.75) is 20.0 Å². The number of para-hydroxylation sites is 2. The van der Waals surface area contributed by atoms with Gasteiger partial charge in [0, 0.05) is 17.4 Å². The van der Waals surface area contributed by atoms with E-state index in [9.17, 15) is 14.9 Å². The first kappa shape index (κ1) is 22.2. The van der Waals surface area contributed by atoms with Gasteiger partial charge in [0.25, 0.3) is 0 Å². The van der Waals surface area contributed by atoms with E-state index < -0.39 is 24.0 Å². The van der Waals surface area contributed by atoms with E-state index in [2.05, 4.69) is 10.4 Å². The van der Waals surface area contributed by atoms with E-state index >= 15 is 0 Å². The van der Waals surface area contributed by atoms with Gasteiger partial charge < -0.3 is 15.0 Å². The molecule has 3 aromatic rings. The minimum absolute atomic E-state index is 0.0581.